The summed E-state index contributed by atoms with van der Waals surface area (Å²) in [5.74, 6) is 0.431. The maximum absolute atomic E-state index is 12.3. The standard InChI is InChI=1S/C16H12N4O2S2/c21-14-11-5-1-2-6-12(11)15(22)20(14)9-24-16-17-13(18-19-16)8-10-4-3-7-23-10/h1-7H,8-9H2,(H,17,18,19). The average molecular weight is 356 g/mol. The molecular formula is C16H12N4O2S2. The van der Waals surface area contributed by atoms with Gasteiger partial charge in [0.2, 0.25) is 5.16 Å². The van der Waals surface area contributed by atoms with Gasteiger partial charge in [0.1, 0.15) is 5.82 Å². The van der Waals surface area contributed by atoms with Gasteiger partial charge in [-0.3, -0.25) is 19.6 Å². The van der Waals surface area contributed by atoms with Crippen LogP contribution in [-0.2, 0) is 6.42 Å². The smallest absolute Gasteiger partial charge is 0.262 e. The quantitative estimate of drug-likeness (QED) is 0.562. The van der Waals surface area contributed by atoms with Crippen LogP contribution < -0.4 is 0 Å². The fraction of sp³-hybridized carbons (Fsp3) is 0.125. The van der Waals surface area contributed by atoms with E-state index in [2.05, 4.69) is 15.2 Å². The van der Waals surface area contributed by atoms with Crippen molar-refractivity contribution in [2.24, 2.45) is 0 Å². The summed E-state index contributed by atoms with van der Waals surface area (Å²) in [6.45, 7) is 0. The van der Waals surface area contributed by atoms with Crippen LogP contribution in [0.4, 0.5) is 0 Å². The Labute approximate surface area is 145 Å². The molecule has 8 heteroatoms. The van der Waals surface area contributed by atoms with Gasteiger partial charge in [0, 0.05) is 11.3 Å². The molecule has 120 valence electrons. The Balaban J connectivity index is 1.42. The summed E-state index contributed by atoms with van der Waals surface area (Å²) >= 11 is 2.93. The third-order valence-corrected chi connectivity index (χ3v) is 5.34. The van der Waals surface area contributed by atoms with Crippen LogP contribution in [-0.4, -0.2) is 37.8 Å². The lowest BCUT2D eigenvalue weighted by Crippen LogP contribution is -2.29. The second-order valence-electron chi connectivity index (χ2n) is 5.18. The maximum Gasteiger partial charge on any atom is 0.262 e. The molecule has 0 aliphatic carbocycles. The number of thiophene rings is 1. The summed E-state index contributed by atoms with van der Waals surface area (Å²) < 4.78 is 0. The van der Waals surface area contributed by atoms with E-state index >= 15 is 0 Å². The first-order valence-corrected chi connectivity index (χ1v) is 9.10. The van der Waals surface area contributed by atoms with Crippen molar-refractivity contribution in [3.63, 3.8) is 0 Å². The molecule has 0 atom stereocenters. The van der Waals surface area contributed by atoms with E-state index in [9.17, 15) is 9.59 Å². The summed E-state index contributed by atoms with van der Waals surface area (Å²) in [4.78, 5) is 31.4. The monoisotopic (exact) mass is 356 g/mol. The number of H-pyrrole nitrogens is 1. The van der Waals surface area contributed by atoms with Gasteiger partial charge in [-0.05, 0) is 23.6 Å². The molecule has 0 unspecified atom stereocenters. The number of thioether (sulfide) groups is 1. The molecule has 4 rings (SSSR count). The normalized spacial score (nSPS) is 13.6. The maximum atomic E-state index is 12.3. The number of nitrogens with one attached hydrogen (secondary N) is 1. The van der Waals surface area contributed by atoms with Crippen LogP contribution in [0.25, 0.3) is 0 Å². The first-order valence-electron chi connectivity index (χ1n) is 7.24. The van der Waals surface area contributed by atoms with Crippen LogP contribution in [0.1, 0.15) is 31.4 Å². The fourth-order valence-corrected chi connectivity index (χ4v) is 3.95. The van der Waals surface area contributed by atoms with E-state index in [1.807, 2.05) is 17.5 Å². The van der Waals surface area contributed by atoms with Gasteiger partial charge < -0.3 is 0 Å². The number of hydrogen-bond donors (Lipinski definition) is 1. The highest BCUT2D eigenvalue weighted by Crippen LogP contribution is 2.26. The topological polar surface area (TPSA) is 79.0 Å². The molecule has 2 aromatic heterocycles. The van der Waals surface area contributed by atoms with Gasteiger partial charge in [0.25, 0.3) is 11.8 Å². The molecule has 0 radical (unpaired) electrons. The van der Waals surface area contributed by atoms with E-state index in [4.69, 9.17) is 0 Å². The van der Waals surface area contributed by atoms with Crippen LogP contribution >= 0.6 is 23.1 Å². The van der Waals surface area contributed by atoms with E-state index in [0.29, 0.717) is 22.7 Å². The highest BCUT2D eigenvalue weighted by atomic mass is 32.2. The van der Waals surface area contributed by atoms with E-state index in [-0.39, 0.29) is 17.7 Å². The van der Waals surface area contributed by atoms with Gasteiger partial charge in [-0.2, -0.15) is 0 Å². The van der Waals surface area contributed by atoms with Gasteiger partial charge in [-0.25, -0.2) is 4.98 Å². The Morgan fingerprint density at radius 2 is 1.83 bits per heavy atom. The van der Waals surface area contributed by atoms with Gasteiger partial charge in [0.15, 0.2) is 0 Å². The molecule has 0 fully saturated rings. The molecule has 2 amide bonds. The third-order valence-electron chi connectivity index (χ3n) is 3.63. The lowest BCUT2D eigenvalue weighted by molar-refractivity contribution is 0.0684. The van der Waals surface area contributed by atoms with Crippen molar-refractivity contribution in [2.75, 3.05) is 5.88 Å². The van der Waals surface area contributed by atoms with Crippen molar-refractivity contribution in [3.8, 4) is 0 Å². The summed E-state index contributed by atoms with van der Waals surface area (Å²) in [6.07, 6.45) is 0.693. The first kappa shape index (κ1) is 15.1. The van der Waals surface area contributed by atoms with Crippen molar-refractivity contribution in [1.29, 1.82) is 0 Å². The lowest BCUT2D eigenvalue weighted by Gasteiger charge is -2.11. The molecule has 24 heavy (non-hydrogen) atoms. The number of hydrogen-bond acceptors (Lipinski definition) is 6. The number of fused-ring (bicyclic) bond motifs is 1. The molecule has 6 nitrogen and oxygen atoms in total. The number of nitrogens with zero attached hydrogens (tertiary/aromatic N) is 3. The molecule has 3 heterocycles. The summed E-state index contributed by atoms with van der Waals surface area (Å²) in [7, 11) is 0. The Morgan fingerprint density at radius 3 is 2.50 bits per heavy atom. The van der Waals surface area contributed by atoms with Crippen LogP contribution in [0.3, 0.4) is 0 Å². The van der Waals surface area contributed by atoms with Gasteiger partial charge in [0.05, 0.1) is 17.0 Å². The summed E-state index contributed by atoms with van der Waals surface area (Å²) in [5, 5.41) is 9.58. The van der Waals surface area contributed by atoms with E-state index in [0.717, 1.165) is 5.82 Å². The molecule has 1 aliphatic rings. The number of aromatic nitrogens is 3. The zero-order valence-electron chi connectivity index (χ0n) is 12.4. The Hall–Kier alpha value is -2.45. The molecule has 0 spiro atoms. The van der Waals surface area contributed by atoms with Crippen molar-refractivity contribution < 1.29 is 9.59 Å². The highest BCUT2D eigenvalue weighted by Gasteiger charge is 2.35. The summed E-state index contributed by atoms with van der Waals surface area (Å²) in [5.41, 5.74) is 0.910. The number of benzene rings is 1. The SMILES string of the molecule is O=C1c2ccccc2C(=O)N1CSc1n[nH]c(Cc2cccs2)n1. The molecule has 0 bridgehead atoms. The van der Waals surface area contributed by atoms with Crippen molar-refractivity contribution >= 4 is 34.9 Å². The van der Waals surface area contributed by atoms with Crippen LogP contribution in [0.2, 0.25) is 0 Å². The fourth-order valence-electron chi connectivity index (χ4n) is 2.48. The Bertz CT molecular complexity index is 869. The summed E-state index contributed by atoms with van der Waals surface area (Å²) in [6, 6.07) is 10.9. The highest BCUT2D eigenvalue weighted by molar-refractivity contribution is 7.99. The van der Waals surface area contributed by atoms with Crippen molar-refractivity contribution in [3.05, 3.63) is 63.6 Å². The minimum absolute atomic E-state index is 0.197. The second kappa shape index (κ2) is 6.21. The Morgan fingerprint density at radius 1 is 1.08 bits per heavy atom. The molecule has 0 saturated heterocycles. The number of rotatable bonds is 5. The van der Waals surface area contributed by atoms with E-state index in [1.54, 1.807) is 35.6 Å². The molecule has 3 aromatic rings. The number of carbonyl (C=O) groups excluding carboxylic acids is 2. The molecule has 0 saturated carbocycles. The number of imide groups is 1. The van der Waals surface area contributed by atoms with E-state index < -0.39 is 0 Å². The number of carbonyl (C=O) groups is 2. The minimum Gasteiger partial charge on any atom is -0.269 e. The van der Waals surface area contributed by atoms with Gasteiger partial charge in [-0.15, -0.1) is 16.4 Å². The third kappa shape index (κ3) is 2.74. The molecule has 1 aliphatic heterocycles. The Kier molecular flexibility index (Phi) is 3.91. The molecule has 1 N–H and O–H groups in total. The largest absolute Gasteiger partial charge is 0.269 e. The van der Waals surface area contributed by atoms with Crippen LogP contribution in [0.15, 0.2) is 46.9 Å². The zero-order valence-corrected chi connectivity index (χ0v) is 14.1. The average Bonchev–Trinajstić information content (AvgIpc) is 3.31. The van der Waals surface area contributed by atoms with Crippen molar-refractivity contribution in [2.45, 2.75) is 11.6 Å². The van der Waals surface area contributed by atoms with Crippen LogP contribution in [0.5, 0.6) is 0 Å². The van der Waals surface area contributed by atoms with Gasteiger partial charge in [-0.1, -0.05) is 30.0 Å². The number of amides is 2. The number of aromatic amines is 1. The zero-order chi connectivity index (χ0) is 16.5. The second-order valence-corrected chi connectivity index (χ2v) is 7.12. The van der Waals surface area contributed by atoms with E-state index in [1.165, 1.54) is 21.5 Å². The predicted octanol–water partition coefficient (Wildman–Crippen LogP) is 2.80. The van der Waals surface area contributed by atoms with Crippen molar-refractivity contribution in [1.82, 2.24) is 20.1 Å². The predicted molar refractivity (Wildman–Crippen MR) is 91.2 cm³/mol. The first-order chi connectivity index (χ1) is 11.7. The molecular weight excluding hydrogens is 344 g/mol. The minimum atomic E-state index is -0.266. The van der Waals surface area contributed by atoms with Crippen LogP contribution in [0, 0.1) is 0 Å². The lowest BCUT2D eigenvalue weighted by atomic mass is 10.1. The molecule has 1 aromatic carbocycles. The van der Waals surface area contributed by atoms with Gasteiger partial charge >= 0.3 is 0 Å².